The van der Waals surface area contributed by atoms with E-state index in [-0.39, 0.29) is 30.7 Å². The summed E-state index contributed by atoms with van der Waals surface area (Å²) in [6.45, 7) is 4.67. The first kappa shape index (κ1) is 25.3. The van der Waals surface area contributed by atoms with Crippen LogP contribution in [0.2, 0.25) is 4.34 Å². The highest BCUT2D eigenvalue weighted by Gasteiger charge is 2.29. The summed E-state index contributed by atoms with van der Waals surface area (Å²) < 4.78 is 17.2. The van der Waals surface area contributed by atoms with Crippen LogP contribution < -0.4 is 4.74 Å². The molecule has 1 fully saturated rings. The molecule has 2 heterocycles. The van der Waals surface area contributed by atoms with Crippen LogP contribution in [0.5, 0.6) is 5.75 Å². The first-order valence-corrected chi connectivity index (χ1v) is 12.4. The Bertz CT molecular complexity index is 980. The molecule has 0 aromatic carbocycles. The Morgan fingerprint density at radius 1 is 1.30 bits per heavy atom. The number of amides is 1. The van der Waals surface area contributed by atoms with Gasteiger partial charge in [0.25, 0.3) is 0 Å². The van der Waals surface area contributed by atoms with Crippen molar-refractivity contribution in [3.8, 4) is 16.3 Å². The number of esters is 1. The quantitative estimate of drug-likeness (QED) is 0.427. The summed E-state index contributed by atoms with van der Waals surface area (Å²) in [5.41, 5.74) is 2.32. The van der Waals surface area contributed by atoms with E-state index in [2.05, 4.69) is 0 Å². The number of ether oxygens (including phenoxy) is 3. The molecule has 7 nitrogen and oxygen atoms in total. The Morgan fingerprint density at radius 2 is 2.09 bits per heavy atom. The number of methoxy groups -OCH3 is 1. The van der Waals surface area contributed by atoms with Gasteiger partial charge in [0.2, 0.25) is 0 Å². The maximum absolute atomic E-state index is 12.1. The average Bonchev–Trinajstić information content (AvgIpc) is 3.19. The maximum Gasteiger partial charge on any atom is 0.409 e. The van der Waals surface area contributed by atoms with E-state index in [1.165, 1.54) is 18.4 Å². The van der Waals surface area contributed by atoms with Crippen molar-refractivity contribution < 1.29 is 23.8 Å². The minimum atomic E-state index is -0.365. The second kappa shape index (κ2) is 11.7. The fourth-order valence-corrected chi connectivity index (χ4v) is 5.23. The highest BCUT2D eigenvalue weighted by Crippen LogP contribution is 2.37. The molecule has 1 amide bonds. The summed E-state index contributed by atoms with van der Waals surface area (Å²) in [5, 5.41) is 0. The van der Waals surface area contributed by atoms with E-state index < -0.39 is 0 Å². The molecule has 0 saturated heterocycles. The SMILES string of the molecule is CCCN(C)C(=O)OCc1cc(Cl)sc1-c1ccc(O[C@H]2CCC[C@H](C(=O)OC)C2)c(C)n1. The molecule has 1 aliphatic rings. The van der Waals surface area contributed by atoms with E-state index in [0.29, 0.717) is 23.1 Å². The number of pyridine rings is 1. The van der Waals surface area contributed by atoms with Crippen molar-refractivity contribution in [3.63, 3.8) is 0 Å². The van der Waals surface area contributed by atoms with Crippen LogP contribution in [0.1, 0.15) is 50.3 Å². The Balaban J connectivity index is 1.70. The van der Waals surface area contributed by atoms with Crippen molar-refractivity contribution in [2.45, 2.75) is 58.7 Å². The maximum atomic E-state index is 12.1. The second-order valence-corrected chi connectivity index (χ2v) is 9.97. The van der Waals surface area contributed by atoms with Gasteiger partial charge >= 0.3 is 12.1 Å². The first-order chi connectivity index (χ1) is 15.8. The van der Waals surface area contributed by atoms with Gasteiger partial charge in [-0.1, -0.05) is 18.5 Å². The van der Waals surface area contributed by atoms with Gasteiger partial charge in [-0.25, -0.2) is 9.78 Å². The zero-order valence-corrected chi connectivity index (χ0v) is 21.1. The Morgan fingerprint density at radius 3 is 2.79 bits per heavy atom. The van der Waals surface area contributed by atoms with Gasteiger partial charge < -0.3 is 19.1 Å². The third kappa shape index (κ3) is 6.60. The lowest BCUT2D eigenvalue weighted by molar-refractivity contribution is -0.147. The third-order valence-corrected chi connectivity index (χ3v) is 7.05. The molecule has 0 unspecified atom stereocenters. The second-order valence-electron chi connectivity index (χ2n) is 8.29. The number of nitrogens with zero attached hydrogens (tertiary/aromatic N) is 2. The molecule has 2 aromatic heterocycles. The van der Waals surface area contributed by atoms with Crippen molar-refractivity contribution >= 4 is 35.0 Å². The van der Waals surface area contributed by atoms with Gasteiger partial charge in [0.1, 0.15) is 12.4 Å². The lowest BCUT2D eigenvalue weighted by Gasteiger charge is -2.28. The summed E-state index contributed by atoms with van der Waals surface area (Å²) in [6, 6.07) is 5.60. The van der Waals surface area contributed by atoms with Gasteiger partial charge in [-0.3, -0.25) is 4.79 Å². The van der Waals surface area contributed by atoms with E-state index in [1.807, 2.05) is 32.0 Å². The Kier molecular flexibility index (Phi) is 8.97. The highest BCUT2D eigenvalue weighted by molar-refractivity contribution is 7.19. The Hall–Kier alpha value is -2.32. The van der Waals surface area contributed by atoms with Crippen LogP contribution in [0.15, 0.2) is 18.2 Å². The van der Waals surface area contributed by atoms with Crippen LogP contribution in [-0.4, -0.2) is 48.8 Å². The average molecular weight is 495 g/mol. The molecule has 0 radical (unpaired) electrons. The predicted molar refractivity (Wildman–Crippen MR) is 129 cm³/mol. The number of carbonyl (C=O) groups is 2. The zero-order chi connectivity index (χ0) is 24.0. The molecule has 0 aliphatic heterocycles. The molecular formula is C24H31ClN2O5S. The minimum Gasteiger partial charge on any atom is -0.489 e. The number of rotatable bonds is 8. The van der Waals surface area contributed by atoms with Crippen molar-refractivity contribution in [2.75, 3.05) is 20.7 Å². The zero-order valence-electron chi connectivity index (χ0n) is 19.6. The molecule has 9 heteroatoms. The molecular weight excluding hydrogens is 464 g/mol. The molecule has 1 saturated carbocycles. The first-order valence-electron chi connectivity index (χ1n) is 11.2. The fourth-order valence-electron chi connectivity index (χ4n) is 4.01. The van der Waals surface area contributed by atoms with E-state index in [0.717, 1.165) is 47.5 Å². The van der Waals surface area contributed by atoms with Crippen molar-refractivity contribution in [3.05, 3.63) is 33.8 Å². The van der Waals surface area contributed by atoms with Crippen LogP contribution >= 0.6 is 22.9 Å². The van der Waals surface area contributed by atoms with Crippen LogP contribution in [0.25, 0.3) is 10.6 Å². The van der Waals surface area contributed by atoms with Crippen LogP contribution in [0.3, 0.4) is 0 Å². The molecule has 0 spiro atoms. The van der Waals surface area contributed by atoms with Gasteiger partial charge in [-0.2, -0.15) is 0 Å². The Labute approximate surface area is 204 Å². The number of aryl methyl sites for hydroxylation is 1. The number of hydrogen-bond acceptors (Lipinski definition) is 7. The van der Waals surface area contributed by atoms with Gasteiger partial charge in [-0.15, -0.1) is 11.3 Å². The minimum absolute atomic E-state index is 0.0412. The molecule has 0 N–H and O–H groups in total. The van der Waals surface area contributed by atoms with Crippen molar-refractivity contribution in [1.82, 2.24) is 9.88 Å². The number of aromatic nitrogens is 1. The summed E-state index contributed by atoms with van der Waals surface area (Å²) in [4.78, 5) is 31.2. The standard InChI is InChI=1S/C24H31ClN2O5S/c1-5-11-27(3)24(29)31-14-17-13-21(25)33-22(17)19-9-10-20(15(2)26-19)32-18-8-6-7-16(12-18)23(28)30-4/h9-10,13,16,18H,5-8,11-12,14H2,1-4H3/t16-,18-/m0/s1. The lowest BCUT2D eigenvalue weighted by Crippen LogP contribution is -2.30. The highest BCUT2D eigenvalue weighted by atomic mass is 35.5. The van der Waals surface area contributed by atoms with Crippen molar-refractivity contribution in [1.29, 1.82) is 0 Å². The van der Waals surface area contributed by atoms with Gasteiger partial charge in [0.05, 0.1) is 39.7 Å². The molecule has 3 rings (SSSR count). The molecule has 2 atom stereocenters. The fraction of sp³-hybridized carbons (Fsp3) is 0.542. The van der Waals surface area contributed by atoms with E-state index in [9.17, 15) is 9.59 Å². The van der Waals surface area contributed by atoms with Gasteiger partial charge in [0, 0.05) is 19.2 Å². The molecule has 0 bridgehead atoms. The van der Waals surface area contributed by atoms with Crippen LogP contribution in [-0.2, 0) is 20.9 Å². The van der Waals surface area contributed by atoms with E-state index in [1.54, 1.807) is 11.9 Å². The van der Waals surface area contributed by atoms with E-state index >= 15 is 0 Å². The number of thiophene rings is 1. The van der Waals surface area contributed by atoms with Crippen molar-refractivity contribution in [2.24, 2.45) is 5.92 Å². The molecule has 2 aromatic rings. The lowest BCUT2D eigenvalue weighted by atomic mass is 9.87. The molecule has 1 aliphatic carbocycles. The number of hydrogen-bond donors (Lipinski definition) is 0. The summed E-state index contributed by atoms with van der Waals surface area (Å²) in [7, 11) is 3.14. The third-order valence-electron chi connectivity index (χ3n) is 5.72. The molecule has 180 valence electrons. The van der Waals surface area contributed by atoms with Gasteiger partial charge in [0.15, 0.2) is 0 Å². The molecule has 33 heavy (non-hydrogen) atoms. The topological polar surface area (TPSA) is 78.0 Å². The summed E-state index contributed by atoms with van der Waals surface area (Å²) >= 11 is 7.67. The normalized spacial score (nSPS) is 18.0. The van der Waals surface area contributed by atoms with Crippen LogP contribution in [0, 0.1) is 12.8 Å². The summed E-state index contributed by atoms with van der Waals surface area (Å²) in [5.74, 6) is 0.416. The van der Waals surface area contributed by atoms with E-state index in [4.69, 9.17) is 30.8 Å². The predicted octanol–water partition coefficient (Wildman–Crippen LogP) is 5.86. The monoisotopic (exact) mass is 494 g/mol. The number of carbonyl (C=O) groups excluding carboxylic acids is 2. The van der Waals surface area contributed by atoms with Gasteiger partial charge in [-0.05, 0) is 57.2 Å². The van der Waals surface area contributed by atoms with Crippen LogP contribution in [0.4, 0.5) is 4.79 Å². The smallest absolute Gasteiger partial charge is 0.409 e. The summed E-state index contributed by atoms with van der Waals surface area (Å²) in [6.07, 6.45) is 3.77. The largest absolute Gasteiger partial charge is 0.489 e. The number of halogens is 1.